The van der Waals surface area contributed by atoms with Crippen LogP contribution < -0.4 is 10.1 Å². The topological polar surface area (TPSA) is 111 Å². The lowest BCUT2D eigenvalue weighted by molar-refractivity contribution is -0.0968. The van der Waals surface area contributed by atoms with Crippen LogP contribution in [0.1, 0.15) is 66.7 Å². The van der Waals surface area contributed by atoms with Gasteiger partial charge in [-0.2, -0.15) is 10.2 Å². The quantitative estimate of drug-likeness (QED) is 0.207. The molecule has 9 nitrogen and oxygen atoms in total. The number of halogens is 2. The van der Waals surface area contributed by atoms with Crippen molar-refractivity contribution >= 4 is 40.9 Å². The van der Waals surface area contributed by atoms with E-state index in [1.807, 2.05) is 18.2 Å². The molecular formula is C32H26Cl2N4O5. The SMILES string of the molecule is Cc1nncc(Oc2cccc(C3CC3)c2)c1C(=O)NC(CON1C(=O)c2ccccc2C1=O)Cc1ccc(Cl)cc1Cl. The van der Waals surface area contributed by atoms with E-state index in [1.165, 1.54) is 11.8 Å². The van der Waals surface area contributed by atoms with Crippen LogP contribution in [0.25, 0.3) is 0 Å². The molecule has 1 N–H and O–H groups in total. The van der Waals surface area contributed by atoms with Gasteiger partial charge in [-0.25, -0.2) is 0 Å². The summed E-state index contributed by atoms with van der Waals surface area (Å²) in [5.74, 6) is -0.290. The average molecular weight is 617 g/mol. The Morgan fingerprint density at radius 2 is 1.77 bits per heavy atom. The summed E-state index contributed by atoms with van der Waals surface area (Å²) in [5.41, 5.74) is 2.92. The molecule has 6 rings (SSSR count). The number of nitrogens with one attached hydrogen (secondary N) is 1. The van der Waals surface area contributed by atoms with Crippen LogP contribution in [0.3, 0.4) is 0 Å². The minimum Gasteiger partial charge on any atom is -0.455 e. The van der Waals surface area contributed by atoms with Gasteiger partial charge in [0.25, 0.3) is 17.7 Å². The number of carbonyl (C=O) groups is 3. The van der Waals surface area contributed by atoms with Crippen molar-refractivity contribution in [2.45, 2.75) is 38.1 Å². The number of hydrogen-bond donors (Lipinski definition) is 1. The molecule has 0 bridgehead atoms. The van der Waals surface area contributed by atoms with Gasteiger partial charge in [0.1, 0.15) is 11.3 Å². The number of nitrogens with zero attached hydrogens (tertiary/aromatic N) is 3. The molecule has 218 valence electrons. The number of hydroxylamine groups is 2. The fourth-order valence-electron chi connectivity index (χ4n) is 5.00. The summed E-state index contributed by atoms with van der Waals surface area (Å²) in [6, 6.07) is 18.5. The van der Waals surface area contributed by atoms with Gasteiger partial charge in [0, 0.05) is 10.0 Å². The molecule has 3 amide bonds. The molecule has 1 atom stereocenters. The molecule has 0 saturated heterocycles. The van der Waals surface area contributed by atoms with E-state index in [4.69, 9.17) is 32.8 Å². The van der Waals surface area contributed by atoms with Crippen LogP contribution in [0.4, 0.5) is 0 Å². The Morgan fingerprint density at radius 3 is 2.47 bits per heavy atom. The van der Waals surface area contributed by atoms with Gasteiger partial charge in [0.15, 0.2) is 5.75 Å². The van der Waals surface area contributed by atoms with Crippen molar-refractivity contribution in [2.24, 2.45) is 0 Å². The second-order valence-electron chi connectivity index (χ2n) is 10.5. The lowest BCUT2D eigenvalue weighted by Crippen LogP contribution is -2.43. The Morgan fingerprint density at radius 1 is 1.02 bits per heavy atom. The van der Waals surface area contributed by atoms with E-state index in [0.29, 0.717) is 38.0 Å². The van der Waals surface area contributed by atoms with Gasteiger partial charge in [-0.1, -0.05) is 53.5 Å². The number of aromatic nitrogens is 2. The van der Waals surface area contributed by atoms with E-state index in [0.717, 1.165) is 12.8 Å². The molecule has 3 aromatic carbocycles. The minimum atomic E-state index is -0.728. The highest BCUT2D eigenvalue weighted by Gasteiger charge is 2.37. The fourth-order valence-corrected chi connectivity index (χ4v) is 5.49. The second kappa shape index (κ2) is 12.1. The first-order valence-electron chi connectivity index (χ1n) is 13.7. The van der Waals surface area contributed by atoms with Gasteiger partial charge in [0.05, 0.1) is 35.7 Å². The lowest BCUT2D eigenvalue weighted by Gasteiger charge is -2.23. The molecule has 0 radical (unpaired) electrons. The molecule has 11 heteroatoms. The largest absolute Gasteiger partial charge is 0.455 e. The first-order chi connectivity index (χ1) is 20.8. The van der Waals surface area contributed by atoms with Crippen molar-refractivity contribution in [2.75, 3.05) is 6.61 Å². The summed E-state index contributed by atoms with van der Waals surface area (Å²) < 4.78 is 6.14. The van der Waals surface area contributed by atoms with Crippen molar-refractivity contribution in [1.29, 1.82) is 0 Å². The van der Waals surface area contributed by atoms with Gasteiger partial charge in [-0.3, -0.25) is 19.2 Å². The second-order valence-corrected chi connectivity index (χ2v) is 11.3. The molecule has 1 aromatic heterocycles. The number of benzene rings is 3. The average Bonchev–Trinajstić information content (AvgIpc) is 3.81. The molecule has 43 heavy (non-hydrogen) atoms. The molecular weight excluding hydrogens is 591 g/mol. The Kier molecular flexibility index (Phi) is 8.12. The van der Waals surface area contributed by atoms with Gasteiger partial charge in [0.2, 0.25) is 0 Å². The smallest absolute Gasteiger partial charge is 0.285 e. The maximum atomic E-state index is 13.8. The number of fused-ring (bicyclic) bond motifs is 1. The third kappa shape index (κ3) is 6.24. The number of imide groups is 1. The van der Waals surface area contributed by atoms with Crippen molar-refractivity contribution in [3.05, 3.63) is 116 Å². The Bertz CT molecular complexity index is 1710. The number of ether oxygens (including phenoxy) is 1. The van der Waals surface area contributed by atoms with Gasteiger partial charge < -0.3 is 10.1 Å². The third-order valence-electron chi connectivity index (χ3n) is 7.33. The lowest BCUT2D eigenvalue weighted by atomic mass is 10.1. The Labute approximate surface area is 257 Å². The van der Waals surface area contributed by atoms with Crippen LogP contribution >= 0.6 is 23.2 Å². The van der Waals surface area contributed by atoms with Crippen molar-refractivity contribution in [3.63, 3.8) is 0 Å². The molecule has 1 saturated carbocycles. The highest BCUT2D eigenvalue weighted by atomic mass is 35.5. The van der Waals surface area contributed by atoms with Crippen molar-refractivity contribution in [3.8, 4) is 11.5 Å². The highest BCUT2D eigenvalue weighted by Crippen LogP contribution is 2.41. The monoisotopic (exact) mass is 616 g/mol. The number of carbonyl (C=O) groups excluding carboxylic acids is 3. The fraction of sp³-hybridized carbons (Fsp3) is 0.219. The molecule has 2 aliphatic rings. The molecule has 1 fully saturated rings. The van der Waals surface area contributed by atoms with E-state index in [-0.39, 0.29) is 35.5 Å². The zero-order chi connectivity index (χ0) is 30.1. The summed E-state index contributed by atoms with van der Waals surface area (Å²) in [7, 11) is 0. The number of aryl methyl sites for hydroxylation is 1. The van der Waals surface area contributed by atoms with Crippen LogP contribution in [0.5, 0.6) is 11.5 Å². The number of amides is 3. The molecule has 2 heterocycles. The van der Waals surface area contributed by atoms with Crippen LogP contribution in [0.15, 0.2) is 72.9 Å². The van der Waals surface area contributed by atoms with Crippen LogP contribution in [0.2, 0.25) is 10.0 Å². The summed E-state index contributed by atoms with van der Waals surface area (Å²) >= 11 is 12.5. The summed E-state index contributed by atoms with van der Waals surface area (Å²) in [6.45, 7) is 1.45. The number of hydrogen-bond acceptors (Lipinski definition) is 7. The molecule has 1 unspecified atom stereocenters. The first-order valence-corrected chi connectivity index (χ1v) is 14.5. The Hall–Kier alpha value is -4.31. The zero-order valence-electron chi connectivity index (χ0n) is 23.1. The summed E-state index contributed by atoms with van der Waals surface area (Å²) in [5, 5.41) is 12.6. The Balaban J connectivity index is 1.24. The highest BCUT2D eigenvalue weighted by molar-refractivity contribution is 6.35. The maximum absolute atomic E-state index is 13.8. The van der Waals surface area contributed by atoms with Gasteiger partial charge >= 0.3 is 0 Å². The first kappa shape index (κ1) is 28.8. The van der Waals surface area contributed by atoms with Gasteiger partial charge in [-0.05, 0) is 79.6 Å². The van der Waals surface area contributed by atoms with Crippen LogP contribution in [-0.4, -0.2) is 45.6 Å². The minimum absolute atomic E-state index is 0.194. The summed E-state index contributed by atoms with van der Waals surface area (Å²) in [6.07, 6.45) is 3.90. The predicted molar refractivity (Wildman–Crippen MR) is 160 cm³/mol. The van der Waals surface area contributed by atoms with E-state index >= 15 is 0 Å². The molecule has 0 spiro atoms. The van der Waals surface area contributed by atoms with E-state index in [2.05, 4.69) is 21.6 Å². The van der Waals surface area contributed by atoms with Gasteiger partial charge in [-0.15, -0.1) is 5.06 Å². The van der Waals surface area contributed by atoms with Crippen LogP contribution in [0, 0.1) is 6.92 Å². The molecule has 1 aliphatic carbocycles. The molecule has 1 aliphatic heterocycles. The van der Waals surface area contributed by atoms with E-state index < -0.39 is 23.8 Å². The summed E-state index contributed by atoms with van der Waals surface area (Å²) in [4.78, 5) is 45.3. The molecule has 4 aromatic rings. The standard InChI is InChI=1S/C32H26Cl2N4O5/c1-18-29(28(16-35-37-18)43-24-6-4-5-20(14-24)19-9-10-19)30(39)36-23(13-21-11-12-22(33)15-27(21)34)17-42-38-31(40)25-7-2-3-8-26(25)32(38)41/h2-8,11-12,14-16,19,23H,9-10,13,17H2,1H3,(H,36,39). The van der Waals surface area contributed by atoms with E-state index in [9.17, 15) is 14.4 Å². The maximum Gasteiger partial charge on any atom is 0.285 e. The van der Waals surface area contributed by atoms with Crippen LogP contribution in [-0.2, 0) is 11.3 Å². The van der Waals surface area contributed by atoms with Crippen molar-refractivity contribution in [1.82, 2.24) is 20.6 Å². The predicted octanol–water partition coefficient (Wildman–Crippen LogP) is 6.33. The third-order valence-corrected chi connectivity index (χ3v) is 7.92. The van der Waals surface area contributed by atoms with E-state index in [1.54, 1.807) is 49.4 Å². The zero-order valence-corrected chi connectivity index (χ0v) is 24.6. The normalized spacial score (nSPS) is 14.9. The number of rotatable bonds is 10. The van der Waals surface area contributed by atoms with Crippen molar-refractivity contribution < 1.29 is 24.0 Å².